The Morgan fingerprint density at radius 1 is 0.846 bits per heavy atom. The molecule has 0 aromatic heterocycles. The SMILES string of the molecule is O=C1[C@@H]2[C@@H]3C[C@H]([C@H]2C(=O)N1c1cc(Cl)cc(Cl)c1)[C@H](c1ccccc1)C3. The Labute approximate surface area is 161 Å². The zero-order valence-corrected chi connectivity index (χ0v) is 15.5. The maximum atomic E-state index is 13.2. The Morgan fingerprint density at radius 2 is 1.50 bits per heavy atom. The smallest absolute Gasteiger partial charge is 0.237 e. The van der Waals surface area contributed by atoms with Crippen molar-refractivity contribution in [2.45, 2.75) is 18.8 Å². The molecule has 0 unspecified atom stereocenters. The molecule has 2 bridgehead atoms. The summed E-state index contributed by atoms with van der Waals surface area (Å²) in [6.07, 6.45) is 1.95. The first-order chi connectivity index (χ1) is 12.5. The van der Waals surface area contributed by atoms with Gasteiger partial charge in [0.2, 0.25) is 11.8 Å². The predicted octanol–water partition coefficient (Wildman–Crippen LogP) is 4.92. The molecule has 1 heterocycles. The molecule has 26 heavy (non-hydrogen) atoms. The number of anilines is 1. The minimum absolute atomic E-state index is 0.0858. The lowest BCUT2D eigenvalue weighted by Crippen LogP contribution is -2.33. The highest BCUT2D eigenvalue weighted by Crippen LogP contribution is 2.61. The van der Waals surface area contributed by atoms with Crippen LogP contribution in [-0.2, 0) is 9.59 Å². The number of fused-ring (bicyclic) bond motifs is 5. The van der Waals surface area contributed by atoms with E-state index >= 15 is 0 Å². The van der Waals surface area contributed by atoms with Gasteiger partial charge in [-0.2, -0.15) is 0 Å². The normalized spacial score (nSPS) is 32.4. The van der Waals surface area contributed by atoms with Crippen LogP contribution in [0.2, 0.25) is 10.0 Å². The Morgan fingerprint density at radius 3 is 2.19 bits per heavy atom. The van der Waals surface area contributed by atoms with Gasteiger partial charge in [-0.15, -0.1) is 0 Å². The van der Waals surface area contributed by atoms with Crippen molar-refractivity contribution in [2.75, 3.05) is 4.90 Å². The van der Waals surface area contributed by atoms with E-state index in [1.54, 1.807) is 18.2 Å². The number of carbonyl (C=O) groups is 2. The summed E-state index contributed by atoms with van der Waals surface area (Å²) in [5.74, 6) is 0.301. The third-order valence-corrected chi connectivity index (χ3v) is 6.79. The third kappa shape index (κ3) is 2.27. The molecular weight excluding hydrogens is 369 g/mol. The van der Waals surface area contributed by atoms with E-state index in [-0.39, 0.29) is 35.5 Å². The highest BCUT2D eigenvalue weighted by molar-refractivity contribution is 6.35. The zero-order valence-electron chi connectivity index (χ0n) is 13.9. The second-order valence-corrected chi connectivity index (χ2v) is 8.48. The van der Waals surface area contributed by atoms with E-state index in [4.69, 9.17) is 23.2 Å². The summed E-state index contributed by atoms with van der Waals surface area (Å²) in [7, 11) is 0. The first kappa shape index (κ1) is 16.3. The van der Waals surface area contributed by atoms with Crippen LogP contribution in [0.5, 0.6) is 0 Å². The largest absolute Gasteiger partial charge is 0.274 e. The average Bonchev–Trinajstić information content (AvgIpc) is 3.26. The van der Waals surface area contributed by atoms with Gasteiger partial charge in [-0.25, -0.2) is 4.90 Å². The topological polar surface area (TPSA) is 37.4 Å². The second-order valence-electron chi connectivity index (χ2n) is 7.60. The van der Waals surface area contributed by atoms with Gasteiger partial charge in [-0.05, 0) is 54.4 Å². The summed E-state index contributed by atoms with van der Waals surface area (Å²) >= 11 is 12.2. The molecule has 2 amide bonds. The summed E-state index contributed by atoms with van der Waals surface area (Å²) in [6.45, 7) is 0. The van der Waals surface area contributed by atoms with Crippen molar-refractivity contribution in [1.82, 2.24) is 0 Å². The molecule has 2 aromatic rings. The lowest BCUT2D eigenvalue weighted by atomic mass is 9.73. The summed E-state index contributed by atoms with van der Waals surface area (Å²) in [6, 6.07) is 15.2. The van der Waals surface area contributed by atoms with Gasteiger partial charge < -0.3 is 0 Å². The molecule has 3 fully saturated rings. The minimum atomic E-state index is -0.218. The van der Waals surface area contributed by atoms with Crippen LogP contribution in [0, 0.1) is 23.7 Å². The summed E-state index contributed by atoms with van der Waals surface area (Å²) in [4.78, 5) is 27.6. The van der Waals surface area contributed by atoms with Crippen LogP contribution >= 0.6 is 23.2 Å². The molecule has 0 N–H and O–H groups in total. The quantitative estimate of drug-likeness (QED) is 0.687. The molecule has 5 atom stereocenters. The molecule has 1 saturated heterocycles. The fraction of sp³-hybridized carbons (Fsp3) is 0.333. The summed E-state index contributed by atoms with van der Waals surface area (Å²) < 4.78 is 0. The van der Waals surface area contributed by atoms with E-state index in [9.17, 15) is 9.59 Å². The van der Waals surface area contributed by atoms with Gasteiger partial charge in [0.25, 0.3) is 0 Å². The van der Waals surface area contributed by atoms with Gasteiger partial charge in [0.05, 0.1) is 17.5 Å². The molecule has 1 aliphatic heterocycles. The maximum Gasteiger partial charge on any atom is 0.237 e. The summed E-state index contributed by atoms with van der Waals surface area (Å²) in [5.41, 5.74) is 1.77. The highest BCUT2D eigenvalue weighted by atomic mass is 35.5. The molecule has 0 radical (unpaired) electrons. The number of carbonyl (C=O) groups excluding carboxylic acids is 2. The molecule has 3 nitrogen and oxygen atoms in total. The van der Waals surface area contributed by atoms with Crippen LogP contribution < -0.4 is 4.90 Å². The Kier molecular flexibility index (Phi) is 3.67. The molecule has 2 aromatic carbocycles. The first-order valence-corrected chi connectivity index (χ1v) is 9.69. The fourth-order valence-electron chi connectivity index (χ4n) is 5.47. The van der Waals surface area contributed by atoms with E-state index in [1.807, 2.05) is 18.2 Å². The maximum absolute atomic E-state index is 13.2. The number of hydrogen-bond donors (Lipinski definition) is 0. The Balaban J connectivity index is 1.51. The Bertz CT molecular complexity index is 893. The standard InChI is InChI=1S/C21H17Cl2NO2/c22-13-8-14(23)10-15(9-13)24-20(25)18-12-6-16(11-4-2-1-3-5-11)17(7-12)19(18)21(24)26/h1-5,8-10,12,16-19H,6-7H2/t12-,16-,17-,18+,19+/m0/s1. The second kappa shape index (κ2) is 5.83. The molecule has 3 aliphatic rings. The van der Waals surface area contributed by atoms with Gasteiger partial charge >= 0.3 is 0 Å². The van der Waals surface area contributed by atoms with Gasteiger partial charge in [-0.3, -0.25) is 9.59 Å². The van der Waals surface area contributed by atoms with Crippen molar-refractivity contribution >= 4 is 40.7 Å². The van der Waals surface area contributed by atoms with Gasteiger partial charge in [0.15, 0.2) is 0 Å². The van der Waals surface area contributed by atoms with Crippen LogP contribution in [-0.4, -0.2) is 11.8 Å². The molecular formula is C21H17Cl2NO2. The van der Waals surface area contributed by atoms with E-state index in [1.165, 1.54) is 10.5 Å². The molecule has 2 saturated carbocycles. The van der Waals surface area contributed by atoms with Gasteiger partial charge in [0, 0.05) is 10.0 Å². The third-order valence-electron chi connectivity index (χ3n) is 6.35. The van der Waals surface area contributed by atoms with Crippen molar-refractivity contribution in [3.05, 3.63) is 64.1 Å². The van der Waals surface area contributed by atoms with Crippen molar-refractivity contribution < 1.29 is 9.59 Å². The van der Waals surface area contributed by atoms with Crippen molar-refractivity contribution in [2.24, 2.45) is 23.7 Å². The van der Waals surface area contributed by atoms with Crippen LogP contribution in [0.4, 0.5) is 5.69 Å². The van der Waals surface area contributed by atoms with Crippen LogP contribution in [0.3, 0.4) is 0 Å². The predicted molar refractivity (Wildman–Crippen MR) is 101 cm³/mol. The average molecular weight is 386 g/mol. The van der Waals surface area contributed by atoms with E-state index in [0.29, 0.717) is 21.7 Å². The van der Waals surface area contributed by atoms with Crippen LogP contribution in [0.1, 0.15) is 24.3 Å². The fourth-order valence-corrected chi connectivity index (χ4v) is 5.98. The Hall–Kier alpha value is -1.84. The minimum Gasteiger partial charge on any atom is -0.274 e. The van der Waals surface area contributed by atoms with E-state index in [2.05, 4.69) is 12.1 Å². The molecule has 5 heteroatoms. The summed E-state index contributed by atoms with van der Waals surface area (Å²) in [5, 5.41) is 0.852. The van der Waals surface area contributed by atoms with Crippen LogP contribution in [0.25, 0.3) is 0 Å². The van der Waals surface area contributed by atoms with E-state index in [0.717, 1.165) is 12.8 Å². The number of rotatable bonds is 2. The van der Waals surface area contributed by atoms with Crippen molar-refractivity contribution in [3.8, 4) is 0 Å². The monoisotopic (exact) mass is 385 g/mol. The molecule has 5 rings (SSSR count). The van der Waals surface area contributed by atoms with Gasteiger partial charge in [-0.1, -0.05) is 53.5 Å². The number of hydrogen-bond acceptors (Lipinski definition) is 2. The lowest BCUT2D eigenvalue weighted by Gasteiger charge is -2.28. The van der Waals surface area contributed by atoms with Crippen molar-refractivity contribution in [3.63, 3.8) is 0 Å². The lowest BCUT2D eigenvalue weighted by molar-refractivity contribution is -0.123. The molecule has 2 aliphatic carbocycles. The van der Waals surface area contributed by atoms with E-state index < -0.39 is 0 Å². The number of amides is 2. The molecule has 0 spiro atoms. The zero-order chi connectivity index (χ0) is 18.0. The van der Waals surface area contributed by atoms with Crippen molar-refractivity contribution in [1.29, 1.82) is 0 Å². The molecule has 132 valence electrons. The number of nitrogens with zero attached hydrogens (tertiary/aromatic N) is 1. The van der Waals surface area contributed by atoms with Gasteiger partial charge in [0.1, 0.15) is 0 Å². The number of halogens is 2. The van der Waals surface area contributed by atoms with Crippen LogP contribution in [0.15, 0.2) is 48.5 Å². The number of imide groups is 1. The number of benzene rings is 2. The highest BCUT2D eigenvalue weighted by Gasteiger charge is 2.64. The first-order valence-electron chi connectivity index (χ1n) is 8.93.